The SMILES string of the molecule is Cc1ccc(S(=O)(=O)Nc2ccc(C(=O)NC(C)(C)C)cc2)c(C)c1. The molecule has 0 fully saturated rings. The van der Waals surface area contributed by atoms with E-state index in [1.807, 2.05) is 33.8 Å². The van der Waals surface area contributed by atoms with Crippen LogP contribution >= 0.6 is 0 Å². The molecule has 0 radical (unpaired) electrons. The Morgan fingerprint density at radius 2 is 1.56 bits per heavy atom. The number of benzene rings is 2. The fraction of sp³-hybridized carbons (Fsp3) is 0.316. The summed E-state index contributed by atoms with van der Waals surface area (Å²) in [5.41, 5.74) is 2.25. The molecule has 0 aliphatic heterocycles. The van der Waals surface area contributed by atoms with Crippen molar-refractivity contribution in [3.8, 4) is 0 Å². The van der Waals surface area contributed by atoms with Gasteiger partial charge in [-0.15, -0.1) is 0 Å². The van der Waals surface area contributed by atoms with Crippen molar-refractivity contribution in [2.24, 2.45) is 0 Å². The summed E-state index contributed by atoms with van der Waals surface area (Å²) in [6.07, 6.45) is 0. The fourth-order valence-electron chi connectivity index (χ4n) is 2.41. The number of amides is 1. The van der Waals surface area contributed by atoms with Gasteiger partial charge in [-0.2, -0.15) is 0 Å². The normalized spacial score (nSPS) is 11.9. The van der Waals surface area contributed by atoms with Crippen LogP contribution in [0.1, 0.15) is 42.3 Å². The van der Waals surface area contributed by atoms with E-state index in [1.165, 1.54) is 0 Å². The highest BCUT2D eigenvalue weighted by atomic mass is 32.2. The van der Waals surface area contributed by atoms with Gasteiger partial charge in [-0.05, 0) is 70.5 Å². The largest absolute Gasteiger partial charge is 0.347 e. The third kappa shape index (κ3) is 5.06. The zero-order valence-corrected chi connectivity index (χ0v) is 16.0. The Hall–Kier alpha value is -2.34. The van der Waals surface area contributed by atoms with Crippen LogP contribution < -0.4 is 10.0 Å². The van der Waals surface area contributed by atoms with Crippen molar-refractivity contribution in [1.29, 1.82) is 0 Å². The number of rotatable bonds is 4. The number of aryl methyl sites for hydroxylation is 2. The van der Waals surface area contributed by atoms with Gasteiger partial charge >= 0.3 is 0 Å². The van der Waals surface area contributed by atoms with E-state index in [1.54, 1.807) is 43.3 Å². The minimum absolute atomic E-state index is 0.198. The number of nitrogens with one attached hydrogen (secondary N) is 2. The molecule has 0 saturated carbocycles. The third-order valence-electron chi connectivity index (χ3n) is 3.51. The Morgan fingerprint density at radius 3 is 2.08 bits per heavy atom. The van der Waals surface area contributed by atoms with E-state index in [0.717, 1.165) is 5.56 Å². The van der Waals surface area contributed by atoms with Gasteiger partial charge in [-0.3, -0.25) is 9.52 Å². The van der Waals surface area contributed by atoms with E-state index in [-0.39, 0.29) is 16.3 Å². The summed E-state index contributed by atoms with van der Waals surface area (Å²) in [6, 6.07) is 11.5. The number of carbonyl (C=O) groups is 1. The van der Waals surface area contributed by atoms with Crippen molar-refractivity contribution >= 4 is 21.6 Å². The van der Waals surface area contributed by atoms with Crippen molar-refractivity contribution < 1.29 is 13.2 Å². The Labute approximate surface area is 149 Å². The first-order valence-corrected chi connectivity index (χ1v) is 9.49. The summed E-state index contributed by atoms with van der Waals surface area (Å²) in [5, 5.41) is 2.86. The minimum Gasteiger partial charge on any atom is -0.347 e. The van der Waals surface area contributed by atoms with Crippen molar-refractivity contribution in [2.45, 2.75) is 45.1 Å². The molecule has 2 N–H and O–H groups in total. The number of hydrogen-bond acceptors (Lipinski definition) is 3. The van der Waals surface area contributed by atoms with E-state index < -0.39 is 10.0 Å². The second kappa shape index (κ2) is 6.88. The molecule has 0 atom stereocenters. The quantitative estimate of drug-likeness (QED) is 0.874. The lowest BCUT2D eigenvalue weighted by molar-refractivity contribution is 0.0919. The van der Waals surface area contributed by atoms with Crippen LogP contribution in [0.3, 0.4) is 0 Å². The van der Waals surface area contributed by atoms with E-state index in [9.17, 15) is 13.2 Å². The van der Waals surface area contributed by atoms with Crippen LogP contribution in [0.15, 0.2) is 47.4 Å². The lowest BCUT2D eigenvalue weighted by atomic mass is 10.1. The lowest BCUT2D eigenvalue weighted by Crippen LogP contribution is -2.40. The van der Waals surface area contributed by atoms with Gasteiger partial charge in [0.05, 0.1) is 4.90 Å². The highest BCUT2D eigenvalue weighted by molar-refractivity contribution is 7.92. The number of carbonyl (C=O) groups excluding carboxylic acids is 1. The van der Waals surface area contributed by atoms with Crippen LogP contribution in [0.5, 0.6) is 0 Å². The van der Waals surface area contributed by atoms with Gasteiger partial charge in [0.2, 0.25) is 0 Å². The van der Waals surface area contributed by atoms with Gasteiger partial charge in [0.1, 0.15) is 0 Å². The Morgan fingerprint density at radius 1 is 0.960 bits per heavy atom. The molecule has 0 aliphatic rings. The second-order valence-corrected chi connectivity index (χ2v) is 8.81. The molecule has 1 amide bonds. The highest BCUT2D eigenvalue weighted by Gasteiger charge is 2.18. The molecule has 2 aromatic carbocycles. The summed E-state index contributed by atoms with van der Waals surface area (Å²) in [4.78, 5) is 12.3. The first-order valence-electron chi connectivity index (χ1n) is 8.01. The van der Waals surface area contributed by atoms with Crippen LogP contribution in [0.4, 0.5) is 5.69 Å². The van der Waals surface area contributed by atoms with Crippen molar-refractivity contribution in [3.63, 3.8) is 0 Å². The fourth-order valence-corrected chi connectivity index (χ4v) is 3.70. The van der Waals surface area contributed by atoms with Crippen LogP contribution in [0, 0.1) is 13.8 Å². The predicted molar refractivity (Wildman–Crippen MR) is 100 cm³/mol. The molecule has 0 saturated heterocycles. The zero-order valence-electron chi connectivity index (χ0n) is 15.2. The summed E-state index contributed by atoms with van der Waals surface area (Å²) < 4.78 is 27.6. The topological polar surface area (TPSA) is 75.3 Å². The van der Waals surface area contributed by atoms with Gasteiger partial charge in [-0.25, -0.2) is 8.42 Å². The van der Waals surface area contributed by atoms with Gasteiger partial charge in [0, 0.05) is 16.8 Å². The molecule has 0 unspecified atom stereocenters. The van der Waals surface area contributed by atoms with Gasteiger partial charge in [0.15, 0.2) is 0 Å². The summed E-state index contributed by atoms with van der Waals surface area (Å²) in [5.74, 6) is -0.198. The van der Waals surface area contributed by atoms with Crippen molar-refractivity contribution in [1.82, 2.24) is 5.32 Å². The van der Waals surface area contributed by atoms with E-state index in [0.29, 0.717) is 16.8 Å². The average molecular weight is 360 g/mol. The molecule has 134 valence electrons. The number of sulfonamides is 1. The van der Waals surface area contributed by atoms with E-state index >= 15 is 0 Å². The Balaban J connectivity index is 2.19. The van der Waals surface area contributed by atoms with Crippen molar-refractivity contribution in [2.75, 3.05) is 4.72 Å². The monoisotopic (exact) mass is 360 g/mol. The molecule has 2 aromatic rings. The zero-order chi connectivity index (χ0) is 18.8. The van der Waals surface area contributed by atoms with Crippen LogP contribution in [-0.2, 0) is 10.0 Å². The molecule has 0 bridgehead atoms. The van der Waals surface area contributed by atoms with Crippen LogP contribution in [0.25, 0.3) is 0 Å². The van der Waals surface area contributed by atoms with Crippen LogP contribution in [-0.4, -0.2) is 19.9 Å². The van der Waals surface area contributed by atoms with Crippen molar-refractivity contribution in [3.05, 3.63) is 59.2 Å². The predicted octanol–water partition coefficient (Wildman–Crippen LogP) is 3.63. The van der Waals surface area contributed by atoms with Gasteiger partial charge in [0.25, 0.3) is 15.9 Å². The van der Waals surface area contributed by atoms with Gasteiger partial charge < -0.3 is 5.32 Å². The minimum atomic E-state index is -3.67. The average Bonchev–Trinajstić information content (AvgIpc) is 2.45. The summed E-state index contributed by atoms with van der Waals surface area (Å²) >= 11 is 0. The number of anilines is 1. The molecular formula is C19H24N2O3S. The standard InChI is InChI=1S/C19H24N2O3S/c1-13-6-11-17(14(2)12-13)25(23,24)21-16-9-7-15(8-10-16)18(22)20-19(3,4)5/h6-12,21H,1-5H3,(H,20,22). The Bertz CT molecular complexity index is 880. The Kier molecular flexibility index (Phi) is 5.23. The van der Waals surface area contributed by atoms with E-state index in [2.05, 4.69) is 10.0 Å². The maximum absolute atomic E-state index is 12.5. The maximum atomic E-state index is 12.5. The first-order chi connectivity index (χ1) is 11.5. The molecule has 25 heavy (non-hydrogen) atoms. The van der Waals surface area contributed by atoms with Gasteiger partial charge in [-0.1, -0.05) is 17.7 Å². The molecule has 2 rings (SSSR count). The third-order valence-corrected chi connectivity index (χ3v) is 5.05. The molecule has 6 heteroatoms. The maximum Gasteiger partial charge on any atom is 0.262 e. The summed E-state index contributed by atoms with van der Waals surface area (Å²) in [6.45, 7) is 9.38. The highest BCUT2D eigenvalue weighted by Crippen LogP contribution is 2.20. The molecule has 0 heterocycles. The molecule has 0 spiro atoms. The lowest BCUT2D eigenvalue weighted by Gasteiger charge is -2.20. The summed E-state index contributed by atoms with van der Waals surface area (Å²) in [7, 11) is -3.67. The molecule has 0 aliphatic carbocycles. The first kappa shape index (κ1) is 19.0. The molecular weight excluding hydrogens is 336 g/mol. The molecule has 0 aromatic heterocycles. The molecule has 5 nitrogen and oxygen atoms in total. The second-order valence-electron chi connectivity index (χ2n) is 7.16. The smallest absolute Gasteiger partial charge is 0.262 e. The van der Waals surface area contributed by atoms with E-state index in [4.69, 9.17) is 0 Å². The van der Waals surface area contributed by atoms with Crippen LogP contribution in [0.2, 0.25) is 0 Å². The number of hydrogen-bond donors (Lipinski definition) is 2.